The maximum atomic E-state index is 12.6. The van der Waals surface area contributed by atoms with Crippen molar-refractivity contribution in [2.45, 2.75) is 25.9 Å². The minimum Gasteiger partial charge on any atom is -0.508 e. The van der Waals surface area contributed by atoms with Gasteiger partial charge in [-0.3, -0.25) is 0 Å². The molecule has 1 atom stereocenters. The van der Waals surface area contributed by atoms with Gasteiger partial charge >= 0.3 is 0 Å². The summed E-state index contributed by atoms with van der Waals surface area (Å²) >= 11 is 0. The number of halogens is 1. The van der Waals surface area contributed by atoms with Gasteiger partial charge in [-0.1, -0.05) is 0 Å². The van der Waals surface area contributed by atoms with Crippen LogP contribution in [0.25, 0.3) is 0 Å². The van der Waals surface area contributed by atoms with Crippen molar-refractivity contribution in [2.24, 2.45) is 0 Å². The molecule has 78 valence electrons. The molecule has 1 N–H and O–H groups in total. The van der Waals surface area contributed by atoms with E-state index in [9.17, 15) is 9.50 Å². The largest absolute Gasteiger partial charge is 0.508 e. The predicted octanol–water partition coefficient (Wildman–Crippen LogP) is 2.69. The molecule has 0 saturated heterocycles. The Labute approximate surface area is 83.3 Å². The quantitative estimate of drug-likeness (QED) is 0.806. The number of aromatic hydroxyl groups is 1. The summed E-state index contributed by atoms with van der Waals surface area (Å²) in [5.74, 6) is 0.885. The standard InChI is InChI=1S/C11H15FO2/c1-8(12)3-4-9-7-10(13)5-6-11(9)14-2/h5-8,13H,3-4H2,1-2H3. The first-order chi connectivity index (χ1) is 6.63. The zero-order valence-electron chi connectivity index (χ0n) is 8.46. The predicted molar refractivity (Wildman–Crippen MR) is 53.5 cm³/mol. The number of hydrogen-bond acceptors (Lipinski definition) is 2. The highest BCUT2D eigenvalue weighted by molar-refractivity contribution is 5.39. The summed E-state index contributed by atoms with van der Waals surface area (Å²) in [5.41, 5.74) is 0.844. The van der Waals surface area contributed by atoms with E-state index in [1.807, 2.05) is 0 Å². The number of rotatable bonds is 4. The molecule has 0 radical (unpaired) electrons. The van der Waals surface area contributed by atoms with Gasteiger partial charge in [0.25, 0.3) is 0 Å². The van der Waals surface area contributed by atoms with Crippen molar-refractivity contribution in [3.05, 3.63) is 23.8 Å². The molecule has 0 saturated carbocycles. The molecule has 3 heteroatoms. The molecule has 0 spiro atoms. The van der Waals surface area contributed by atoms with Crippen molar-refractivity contribution in [1.82, 2.24) is 0 Å². The van der Waals surface area contributed by atoms with Gasteiger partial charge in [-0.05, 0) is 43.5 Å². The van der Waals surface area contributed by atoms with Gasteiger partial charge in [-0.15, -0.1) is 0 Å². The van der Waals surface area contributed by atoms with Gasteiger partial charge in [0, 0.05) is 0 Å². The van der Waals surface area contributed by atoms with Crippen LogP contribution < -0.4 is 4.74 Å². The molecular weight excluding hydrogens is 183 g/mol. The van der Waals surface area contributed by atoms with Crippen LogP contribution in [0.15, 0.2) is 18.2 Å². The zero-order valence-corrected chi connectivity index (χ0v) is 8.46. The molecule has 0 aliphatic rings. The molecule has 1 aromatic rings. The number of aryl methyl sites for hydroxylation is 1. The van der Waals surface area contributed by atoms with Gasteiger partial charge in [-0.2, -0.15) is 0 Å². The second kappa shape index (κ2) is 4.84. The van der Waals surface area contributed by atoms with Crippen molar-refractivity contribution in [2.75, 3.05) is 7.11 Å². The van der Waals surface area contributed by atoms with Crippen molar-refractivity contribution in [3.63, 3.8) is 0 Å². The summed E-state index contributed by atoms with van der Waals surface area (Å²) in [5, 5.41) is 9.25. The van der Waals surface area contributed by atoms with Crippen molar-refractivity contribution in [1.29, 1.82) is 0 Å². The second-order valence-electron chi connectivity index (χ2n) is 3.32. The molecule has 0 aromatic heterocycles. The highest BCUT2D eigenvalue weighted by atomic mass is 19.1. The topological polar surface area (TPSA) is 29.5 Å². The SMILES string of the molecule is COc1ccc(O)cc1CCC(C)F. The summed E-state index contributed by atoms with van der Waals surface area (Å²) < 4.78 is 17.7. The Bertz CT molecular complexity index is 297. The summed E-state index contributed by atoms with van der Waals surface area (Å²) in [6, 6.07) is 4.86. The highest BCUT2D eigenvalue weighted by Crippen LogP contribution is 2.24. The number of phenolic OH excluding ortho intramolecular Hbond substituents is 1. The Morgan fingerprint density at radius 2 is 2.21 bits per heavy atom. The van der Waals surface area contributed by atoms with Gasteiger partial charge in [0.05, 0.1) is 13.3 Å². The van der Waals surface area contributed by atoms with E-state index in [0.717, 1.165) is 5.56 Å². The lowest BCUT2D eigenvalue weighted by atomic mass is 10.1. The number of ether oxygens (including phenoxy) is 1. The van der Waals surface area contributed by atoms with Crippen LogP contribution in [0.2, 0.25) is 0 Å². The lowest BCUT2D eigenvalue weighted by Crippen LogP contribution is -1.98. The number of alkyl halides is 1. The van der Waals surface area contributed by atoms with Crippen LogP contribution in [-0.2, 0) is 6.42 Å². The molecule has 14 heavy (non-hydrogen) atoms. The second-order valence-corrected chi connectivity index (χ2v) is 3.32. The van der Waals surface area contributed by atoms with Crippen LogP contribution in [0, 0.1) is 0 Å². The van der Waals surface area contributed by atoms with Crippen LogP contribution in [0.4, 0.5) is 4.39 Å². The molecule has 0 bridgehead atoms. The van der Waals surface area contributed by atoms with Gasteiger partial charge in [0.2, 0.25) is 0 Å². The van der Waals surface area contributed by atoms with E-state index < -0.39 is 6.17 Å². The van der Waals surface area contributed by atoms with Crippen LogP contribution in [0.1, 0.15) is 18.9 Å². The summed E-state index contributed by atoms with van der Waals surface area (Å²) in [4.78, 5) is 0. The highest BCUT2D eigenvalue weighted by Gasteiger charge is 2.06. The zero-order chi connectivity index (χ0) is 10.6. The van der Waals surface area contributed by atoms with Crippen LogP contribution in [0.3, 0.4) is 0 Å². The van der Waals surface area contributed by atoms with E-state index in [1.54, 1.807) is 25.3 Å². The first-order valence-corrected chi connectivity index (χ1v) is 4.63. The minimum absolute atomic E-state index is 0.187. The third-order valence-corrected chi connectivity index (χ3v) is 2.08. The van der Waals surface area contributed by atoms with E-state index >= 15 is 0 Å². The average Bonchev–Trinajstić information content (AvgIpc) is 2.15. The van der Waals surface area contributed by atoms with Gasteiger partial charge in [0.1, 0.15) is 11.5 Å². The minimum atomic E-state index is -0.831. The smallest absolute Gasteiger partial charge is 0.122 e. The number of phenols is 1. The fourth-order valence-corrected chi connectivity index (χ4v) is 1.31. The van der Waals surface area contributed by atoms with E-state index in [2.05, 4.69) is 0 Å². The molecule has 0 aliphatic heterocycles. The van der Waals surface area contributed by atoms with Crippen molar-refractivity contribution in [3.8, 4) is 11.5 Å². The van der Waals surface area contributed by atoms with Gasteiger partial charge in [-0.25, -0.2) is 4.39 Å². The first-order valence-electron chi connectivity index (χ1n) is 4.63. The summed E-state index contributed by atoms with van der Waals surface area (Å²) in [6.45, 7) is 1.52. The third-order valence-electron chi connectivity index (χ3n) is 2.08. The maximum absolute atomic E-state index is 12.6. The van der Waals surface area contributed by atoms with E-state index in [-0.39, 0.29) is 5.75 Å². The molecule has 0 heterocycles. The fraction of sp³-hybridized carbons (Fsp3) is 0.455. The van der Waals surface area contributed by atoms with Crippen LogP contribution in [0.5, 0.6) is 11.5 Å². The van der Waals surface area contributed by atoms with Gasteiger partial charge in [0.15, 0.2) is 0 Å². The average molecular weight is 198 g/mol. The molecule has 1 rings (SSSR count). The van der Waals surface area contributed by atoms with Crippen LogP contribution in [-0.4, -0.2) is 18.4 Å². The Balaban J connectivity index is 2.77. The van der Waals surface area contributed by atoms with Crippen molar-refractivity contribution >= 4 is 0 Å². The summed E-state index contributed by atoms with van der Waals surface area (Å²) in [6.07, 6.45) is 0.191. The Morgan fingerprint density at radius 1 is 1.50 bits per heavy atom. The molecule has 0 amide bonds. The Kier molecular flexibility index (Phi) is 3.74. The van der Waals surface area contributed by atoms with Gasteiger partial charge < -0.3 is 9.84 Å². The molecule has 2 nitrogen and oxygen atoms in total. The molecule has 1 unspecified atom stereocenters. The summed E-state index contributed by atoms with van der Waals surface area (Å²) in [7, 11) is 1.56. The van der Waals surface area contributed by atoms with E-state index in [4.69, 9.17) is 4.74 Å². The molecule has 0 fully saturated rings. The molecular formula is C11H15FO2. The maximum Gasteiger partial charge on any atom is 0.122 e. The monoisotopic (exact) mass is 198 g/mol. The number of hydrogen-bond donors (Lipinski definition) is 1. The lowest BCUT2D eigenvalue weighted by Gasteiger charge is -2.09. The fourth-order valence-electron chi connectivity index (χ4n) is 1.31. The third kappa shape index (κ3) is 2.91. The molecule has 0 aliphatic carbocycles. The van der Waals surface area contributed by atoms with E-state index in [1.165, 1.54) is 6.92 Å². The van der Waals surface area contributed by atoms with Crippen LogP contribution >= 0.6 is 0 Å². The lowest BCUT2D eigenvalue weighted by molar-refractivity contribution is 0.338. The van der Waals surface area contributed by atoms with Crippen molar-refractivity contribution < 1.29 is 14.2 Å². The normalized spacial score (nSPS) is 12.5. The number of methoxy groups -OCH3 is 1. The Hall–Kier alpha value is -1.25. The number of benzene rings is 1. The first kappa shape index (κ1) is 10.8. The molecule has 1 aromatic carbocycles. The van der Waals surface area contributed by atoms with E-state index in [0.29, 0.717) is 18.6 Å². The Morgan fingerprint density at radius 3 is 2.79 bits per heavy atom.